The largest absolute Gasteiger partial charge is 0.490 e. The van der Waals surface area contributed by atoms with Gasteiger partial charge >= 0.3 is 0 Å². The molecule has 1 atom stereocenters. The van der Waals surface area contributed by atoms with Gasteiger partial charge in [0.25, 0.3) is 0 Å². The number of carbonyl (C=O) groups excluding carboxylic acids is 2. The van der Waals surface area contributed by atoms with Crippen LogP contribution in [0.5, 0.6) is 11.5 Å². The summed E-state index contributed by atoms with van der Waals surface area (Å²) in [4.78, 5) is 29.0. The lowest BCUT2D eigenvalue weighted by Crippen LogP contribution is -2.50. The molecule has 0 aliphatic carbocycles. The first-order valence-electron chi connectivity index (χ1n) is 13.7. The molecule has 39 heavy (non-hydrogen) atoms. The number of benzene rings is 3. The Morgan fingerprint density at radius 1 is 0.846 bits per heavy atom. The van der Waals surface area contributed by atoms with Crippen molar-refractivity contribution in [2.45, 2.75) is 59.0 Å². The number of ether oxygens (including phenoxy) is 2. The second-order valence-electron chi connectivity index (χ2n) is 9.29. The van der Waals surface area contributed by atoms with Gasteiger partial charge in [-0.3, -0.25) is 9.59 Å². The molecule has 0 saturated heterocycles. The molecule has 3 rings (SSSR count). The Kier molecular flexibility index (Phi) is 12.4. The number of rotatable bonds is 15. The maximum absolute atomic E-state index is 13.9. The first-order chi connectivity index (χ1) is 18.9. The van der Waals surface area contributed by atoms with Gasteiger partial charge in [0.05, 0.1) is 13.2 Å². The van der Waals surface area contributed by atoms with Crippen molar-refractivity contribution < 1.29 is 19.1 Å². The molecule has 0 bridgehead atoms. The predicted octanol–water partition coefficient (Wildman–Crippen LogP) is 6.35. The molecular formula is C32H39BrN2O4. The highest BCUT2D eigenvalue weighted by molar-refractivity contribution is 9.10. The van der Waals surface area contributed by atoms with Gasteiger partial charge in [0.15, 0.2) is 11.5 Å². The van der Waals surface area contributed by atoms with Crippen molar-refractivity contribution >= 4 is 27.7 Å². The van der Waals surface area contributed by atoms with Gasteiger partial charge in [0, 0.05) is 30.4 Å². The fourth-order valence-electron chi connectivity index (χ4n) is 4.35. The van der Waals surface area contributed by atoms with Crippen molar-refractivity contribution in [2.75, 3.05) is 19.8 Å². The average Bonchev–Trinajstić information content (AvgIpc) is 2.95. The molecule has 0 aliphatic heterocycles. The summed E-state index contributed by atoms with van der Waals surface area (Å²) in [7, 11) is 0. The van der Waals surface area contributed by atoms with E-state index in [4.69, 9.17) is 9.47 Å². The summed E-state index contributed by atoms with van der Waals surface area (Å²) in [6, 6.07) is 22.9. The lowest BCUT2D eigenvalue weighted by atomic mass is 10.0. The minimum atomic E-state index is -0.630. The highest BCUT2D eigenvalue weighted by Crippen LogP contribution is 2.29. The quantitative estimate of drug-likeness (QED) is 0.223. The second kappa shape index (κ2) is 15.9. The van der Waals surface area contributed by atoms with E-state index in [0.717, 1.165) is 27.6 Å². The van der Waals surface area contributed by atoms with Crippen LogP contribution in [0, 0.1) is 0 Å². The van der Waals surface area contributed by atoms with Crippen molar-refractivity contribution in [3.8, 4) is 11.5 Å². The molecule has 0 aromatic heterocycles. The van der Waals surface area contributed by atoms with E-state index < -0.39 is 6.04 Å². The van der Waals surface area contributed by atoms with E-state index >= 15 is 0 Å². The van der Waals surface area contributed by atoms with Crippen LogP contribution in [0.4, 0.5) is 0 Å². The van der Waals surface area contributed by atoms with Crippen LogP contribution >= 0.6 is 15.9 Å². The smallest absolute Gasteiger partial charge is 0.243 e. The van der Waals surface area contributed by atoms with Gasteiger partial charge in [-0.25, -0.2) is 0 Å². The van der Waals surface area contributed by atoms with Crippen molar-refractivity contribution in [1.82, 2.24) is 10.2 Å². The summed E-state index contributed by atoms with van der Waals surface area (Å²) in [5.41, 5.74) is 2.96. The molecule has 2 amide bonds. The number of hydrogen-bond acceptors (Lipinski definition) is 4. The minimum absolute atomic E-state index is 0.0719. The number of nitrogens with zero attached hydrogens (tertiary/aromatic N) is 1. The average molecular weight is 596 g/mol. The van der Waals surface area contributed by atoms with Gasteiger partial charge in [0.2, 0.25) is 11.8 Å². The highest BCUT2D eigenvalue weighted by atomic mass is 79.9. The number of amides is 2. The zero-order valence-electron chi connectivity index (χ0n) is 23.1. The molecule has 208 valence electrons. The minimum Gasteiger partial charge on any atom is -0.490 e. The number of aryl methyl sites for hydroxylation is 1. The molecule has 3 aromatic carbocycles. The van der Waals surface area contributed by atoms with Crippen LogP contribution in [0.1, 0.15) is 50.3 Å². The summed E-state index contributed by atoms with van der Waals surface area (Å²) >= 11 is 3.48. The summed E-state index contributed by atoms with van der Waals surface area (Å²) < 4.78 is 12.4. The normalized spacial score (nSPS) is 11.5. The highest BCUT2D eigenvalue weighted by Gasteiger charge is 2.30. The summed E-state index contributed by atoms with van der Waals surface area (Å²) in [5, 5.41) is 3.03. The number of nitrogens with one attached hydrogen (secondary N) is 1. The van der Waals surface area contributed by atoms with Crippen molar-refractivity contribution in [1.29, 1.82) is 0 Å². The Morgan fingerprint density at radius 3 is 2.18 bits per heavy atom. The van der Waals surface area contributed by atoms with Crippen molar-refractivity contribution in [3.05, 3.63) is 94.0 Å². The molecule has 0 aliphatic rings. The Hall–Kier alpha value is -3.32. The topological polar surface area (TPSA) is 67.9 Å². The third-order valence-electron chi connectivity index (χ3n) is 6.32. The third kappa shape index (κ3) is 9.43. The molecule has 0 heterocycles. The molecule has 0 radical (unpaired) electrons. The Bertz CT molecular complexity index is 1180. The lowest BCUT2D eigenvalue weighted by molar-refractivity contribution is -0.141. The molecule has 3 aromatic rings. The Balaban J connectivity index is 1.87. The fourth-order valence-corrected chi connectivity index (χ4v) is 4.62. The van der Waals surface area contributed by atoms with Gasteiger partial charge in [-0.05, 0) is 67.6 Å². The second-order valence-corrected chi connectivity index (χ2v) is 10.2. The van der Waals surface area contributed by atoms with Crippen LogP contribution < -0.4 is 14.8 Å². The van der Waals surface area contributed by atoms with E-state index in [9.17, 15) is 9.59 Å². The summed E-state index contributed by atoms with van der Waals surface area (Å²) in [6.07, 6.45) is 2.06. The van der Waals surface area contributed by atoms with Gasteiger partial charge in [-0.15, -0.1) is 0 Å². The molecule has 1 N–H and O–H groups in total. The molecular weight excluding hydrogens is 556 g/mol. The maximum Gasteiger partial charge on any atom is 0.243 e. The maximum atomic E-state index is 13.9. The van der Waals surface area contributed by atoms with E-state index in [-0.39, 0.29) is 18.2 Å². The van der Waals surface area contributed by atoms with E-state index in [1.165, 1.54) is 0 Å². The van der Waals surface area contributed by atoms with E-state index in [0.29, 0.717) is 50.6 Å². The zero-order chi connectivity index (χ0) is 28.0. The van der Waals surface area contributed by atoms with E-state index in [1.807, 2.05) is 93.6 Å². The molecule has 6 nitrogen and oxygen atoms in total. The van der Waals surface area contributed by atoms with Crippen LogP contribution in [0.25, 0.3) is 0 Å². The third-order valence-corrected chi connectivity index (χ3v) is 6.85. The van der Waals surface area contributed by atoms with Crippen LogP contribution in [0.2, 0.25) is 0 Å². The summed E-state index contributed by atoms with van der Waals surface area (Å²) in [6.45, 7) is 7.87. The number of halogens is 1. The van der Waals surface area contributed by atoms with Crippen LogP contribution in [-0.4, -0.2) is 42.5 Å². The van der Waals surface area contributed by atoms with Crippen LogP contribution in [0.3, 0.4) is 0 Å². The van der Waals surface area contributed by atoms with Crippen LogP contribution in [-0.2, 0) is 29.0 Å². The Morgan fingerprint density at radius 2 is 1.51 bits per heavy atom. The van der Waals surface area contributed by atoms with Crippen molar-refractivity contribution in [2.24, 2.45) is 0 Å². The molecule has 7 heteroatoms. The van der Waals surface area contributed by atoms with Gasteiger partial charge < -0.3 is 19.7 Å². The molecule has 0 unspecified atom stereocenters. The standard InChI is InChI=1S/C32H39BrN2O4/c1-4-20-34-32(37)28(21-24-10-8-7-9-11-24)35(23-26-12-16-27(33)17-13-26)31(36)19-15-25-14-18-29(38-5-2)30(22-25)39-6-3/h7-14,16-18,22,28H,4-6,15,19-21,23H2,1-3H3,(H,34,37)/t28-/m1/s1. The lowest BCUT2D eigenvalue weighted by Gasteiger charge is -2.31. The van der Waals surface area contributed by atoms with Gasteiger partial charge in [0.1, 0.15) is 6.04 Å². The summed E-state index contributed by atoms with van der Waals surface area (Å²) in [5.74, 6) is 1.17. The van der Waals surface area contributed by atoms with E-state index in [2.05, 4.69) is 21.2 Å². The number of carbonyl (C=O) groups is 2. The first-order valence-corrected chi connectivity index (χ1v) is 14.5. The molecule has 0 spiro atoms. The van der Waals surface area contributed by atoms with Gasteiger partial charge in [-0.2, -0.15) is 0 Å². The fraction of sp³-hybridized carbons (Fsp3) is 0.375. The van der Waals surface area contributed by atoms with Crippen molar-refractivity contribution in [3.63, 3.8) is 0 Å². The predicted molar refractivity (Wildman–Crippen MR) is 159 cm³/mol. The number of hydrogen-bond donors (Lipinski definition) is 1. The zero-order valence-corrected chi connectivity index (χ0v) is 24.7. The van der Waals surface area contributed by atoms with E-state index in [1.54, 1.807) is 4.90 Å². The Labute approximate surface area is 240 Å². The first kappa shape index (κ1) is 30.2. The van der Waals surface area contributed by atoms with Crippen LogP contribution in [0.15, 0.2) is 77.3 Å². The molecule has 0 fully saturated rings. The van der Waals surface area contributed by atoms with Gasteiger partial charge in [-0.1, -0.05) is 71.4 Å². The molecule has 0 saturated carbocycles. The monoisotopic (exact) mass is 594 g/mol. The SMILES string of the molecule is CCCNC(=O)[C@@H](Cc1ccccc1)N(Cc1ccc(Br)cc1)C(=O)CCc1ccc(OCC)c(OCC)c1.